The summed E-state index contributed by atoms with van der Waals surface area (Å²) >= 11 is 0. The van der Waals surface area contributed by atoms with Crippen LogP contribution in [0.3, 0.4) is 0 Å². The number of pyridine rings is 1. The van der Waals surface area contributed by atoms with Crippen LogP contribution in [0.15, 0.2) is 65.4 Å². The Morgan fingerprint density at radius 2 is 1.90 bits per heavy atom. The number of anilines is 2. The summed E-state index contributed by atoms with van der Waals surface area (Å²) in [6.07, 6.45) is 6.73. The molecule has 1 aliphatic rings. The summed E-state index contributed by atoms with van der Waals surface area (Å²) in [4.78, 5) is 4.74. The zero-order valence-corrected chi connectivity index (χ0v) is 16.8. The molecule has 1 atom stereocenters. The van der Waals surface area contributed by atoms with Crippen molar-refractivity contribution in [2.45, 2.75) is 12.5 Å². The first-order chi connectivity index (χ1) is 13.8. The lowest BCUT2D eigenvalue weighted by Gasteiger charge is -2.22. The maximum Gasteiger partial charge on any atom is 0.243 e. The molecule has 4 rings (SSSR count). The lowest BCUT2D eigenvalue weighted by Crippen LogP contribution is -2.26. The van der Waals surface area contributed by atoms with Crippen molar-refractivity contribution >= 4 is 27.1 Å². The molecule has 8 nitrogen and oxygen atoms in total. The number of sulfone groups is 1. The van der Waals surface area contributed by atoms with Gasteiger partial charge in [0.15, 0.2) is 15.5 Å². The average molecular weight is 411 g/mol. The van der Waals surface area contributed by atoms with Crippen molar-refractivity contribution in [3.8, 4) is 11.1 Å². The van der Waals surface area contributed by atoms with Crippen molar-refractivity contribution in [3.05, 3.63) is 65.4 Å². The fraction of sp³-hybridized carbons (Fsp3) is 0.200. The minimum Gasteiger partial charge on any atom is -0.499 e. The fourth-order valence-corrected chi connectivity index (χ4v) is 3.92. The fourth-order valence-electron chi connectivity index (χ4n) is 3.19. The first kappa shape index (κ1) is 19.0. The highest BCUT2D eigenvalue weighted by Gasteiger charge is 2.23. The lowest BCUT2D eigenvalue weighted by molar-refractivity contribution is 0.267. The maximum atomic E-state index is 11.8. The molecule has 150 valence electrons. The number of nitrogens with one attached hydrogen (secondary N) is 1. The number of benzene rings is 1. The van der Waals surface area contributed by atoms with Crippen LogP contribution in [0.2, 0.25) is 0 Å². The molecule has 0 bridgehead atoms. The first-order valence-electron chi connectivity index (χ1n) is 8.98. The maximum absolute atomic E-state index is 11.8. The summed E-state index contributed by atoms with van der Waals surface area (Å²) < 4.78 is 30.6. The third-order valence-electron chi connectivity index (χ3n) is 4.72. The van der Waals surface area contributed by atoms with E-state index < -0.39 is 9.84 Å². The standard InChI is InChI=1S/C20H21N5O3S/c1-28-18-11-16(29(2,26)27)8-9-17(18)22-20-23-19-10-5-14(12-25(19)24-20)13-3-6-15(21)7-4-13/h3-8,10-12,17H,9,21H2,1-2H3,(H,22,24). The van der Waals surface area contributed by atoms with Crippen LogP contribution in [-0.2, 0) is 14.6 Å². The smallest absolute Gasteiger partial charge is 0.243 e. The molecule has 29 heavy (non-hydrogen) atoms. The number of nitrogen functional groups attached to an aromatic ring is 1. The number of rotatable bonds is 5. The number of fused-ring (bicyclic) bond motifs is 1. The van der Waals surface area contributed by atoms with Gasteiger partial charge in [-0.2, -0.15) is 4.98 Å². The Morgan fingerprint density at radius 3 is 2.59 bits per heavy atom. The minimum atomic E-state index is -3.29. The summed E-state index contributed by atoms with van der Waals surface area (Å²) in [5.74, 6) is 0.956. The minimum absolute atomic E-state index is 0.250. The molecular formula is C20H21N5O3S. The quantitative estimate of drug-likeness (QED) is 0.621. The van der Waals surface area contributed by atoms with Gasteiger partial charge in [0.05, 0.1) is 18.1 Å². The topological polar surface area (TPSA) is 112 Å². The zero-order valence-electron chi connectivity index (χ0n) is 16.0. The van der Waals surface area contributed by atoms with Crippen molar-refractivity contribution in [1.82, 2.24) is 14.6 Å². The van der Waals surface area contributed by atoms with E-state index in [0.717, 1.165) is 11.1 Å². The van der Waals surface area contributed by atoms with Gasteiger partial charge in [-0.05, 0) is 42.3 Å². The number of ether oxygens (including phenoxy) is 1. The zero-order chi connectivity index (χ0) is 20.6. The number of methoxy groups -OCH3 is 1. The summed E-state index contributed by atoms with van der Waals surface area (Å²) in [5.41, 5.74) is 9.18. The highest BCUT2D eigenvalue weighted by Crippen LogP contribution is 2.25. The molecule has 0 saturated carbocycles. The van der Waals surface area contributed by atoms with Gasteiger partial charge in [-0.25, -0.2) is 12.9 Å². The molecule has 2 aromatic heterocycles. The molecule has 0 amide bonds. The van der Waals surface area contributed by atoms with Gasteiger partial charge in [0, 0.05) is 23.7 Å². The van der Waals surface area contributed by atoms with Crippen LogP contribution >= 0.6 is 0 Å². The van der Waals surface area contributed by atoms with Crippen LogP contribution in [0.4, 0.5) is 11.6 Å². The summed E-state index contributed by atoms with van der Waals surface area (Å²) in [6.45, 7) is 0. The monoisotopic (exact) mass is 411 g/mol. The second-order valence-corrected chi connectivity index (χ2v) is 8.86. The summed E-state index contributed by atoms with van der Waals surface area (Å²) in [5, 5.41) is 7.71. The Morgan fingerprint density at radius 1 is 1.17 bits per heavy atom. The number of hydrogen-bond acceptors (Lipinski definition) is 7. The van der Waals surface area contributed by atoms with Gasteiger partial charge >= 0.3 is 0 Å². The van der Waals surface area contributed by atoms with E-state index in [2.05, 4.69) is 15.4 Å². The number of allylic oxidation sites excluding steroid dienone is 1. The van der Waals surface area contributed by atoms with E-state index in [-0.39, 0.29) is 10.9 Å². The number of nitrogens with two attached hydrogens (primary N) is 1. The molecule has 3 aromatic rings. The number of nitrogens with zero attached hydrogens (tertiary/aromatic N) is 3. The van der Waals surface area contributed by atoms with Gasteiger partial charge in [-0.1, -0.05) is 18.2 Å². The predicted octanol–water partition coefficient (Wildman–Crippen LogP) is 2.62. The van der Waals surface area contributed by atoms with Gasteiger partial charge in [0.25, 0.3) is 0 Å². The largest absolute Gasteiger partial charge is 0.499 e. The van der Waals surface area contributed by atoms with Crippen LogP contribution in [0, 0.1) is 0 Å². The van der Waals surface area contributed by atoms with E-state index in [1.165, 1.54) is 19.4 Å². The van der Waals surface area contributed by atoms with E-state index in [9.17, 15) is 8.42 Å². The Balaban J connectivity index is 1.58. The Labute approximate surface area is 168 Å². The van der Waals surface area contributed by atoms with E-state index in [1.54, 1.807) is 10.6 Å². The van der Waals surface area contributed by atoms with Crippen molar-refractivity contribution in [2.75, 3.05) is 24.4 Å². The summed E-state index contributed by atoms with van der Waals surface area (Å²) in [7, 11) is -1.77. The molecule has 0 radical (unpaired) electrons. The van der Waals surface area contributed by atoms with Gasteiger partial charge in [-0.3, -0.25) is 0 Å². The molecule has 3 N–H and O–H groups in total. The van der Waals surface area contributed by atoms with Gasteiger partial charge in [-0.15, -0.1) is 5.10 Å². The number of aromatic nitrogens is 3. The highest BCUT2D eigenvalue weighted by atomic mass is 32.2. The molecule has 0 spiro atoms. The van der Waals surface area contributed by atoms with E-state index in [0.29, 0.717) is 29.5 Å². The molecule has 1 aromatic carbocycles. The normalized spacial score (nSPS) is 17.0. The van der Waals surface area contributed by atoms with Crippen LogP contribution < -0.4 is 11.1 Å². The van der Waals surface area contributed by atoms with E-state index in [1.807, 2.05) is 42.6 Å². The second kappa shape index (κ2) is 7.25. The van der Waals surface area contributed by atoms with E-state index >= 15 is 0 Å². The van der Waals surface area contributed by atoms with Crippen molar-refractivity contribution in [3.63, 3.8) is 0 Å². The van der Waals surface area contributed by atoms with Gasteiger partial charge < -0.3 is 15.8 Å². The Hall–Kier alpha value is -3.33. The summed E-state index contributed by atoms with van der Waals surface area (Å²) in [6, 6.07) is 11.2. The molecule has 0 fully saturated rings. The molecule has 9 heteroatoms. The van der Waals surface area contributed by atoms with Crippen LogP contribution in [0.1, 0.15) is 6.42 Å². The highest BCUT2D eigenvalue weighted by molar-refractivity contribution is 7.94. The third-order valence-corrected chi connectivity index (χ3v) is 5.87. The molecule has 1 aliphatic carbocycles. The van der Waals surface area contributed by atoms with Crippen LogP contribution in [0.5, 0.6) is 0 Å². The van der Waals surface area contributed by atoms with Crippen molar-refractivity contribution < 1.29 is 13.2 Å². The van der Waals surface area contributed by atoms with Gasteiger partial charge in [0.1, 0.15) is 5.76 Å². The van der Waals surface area contributed by atoms with Crippen molar-refractivity contribution in [2.24, 2.45) is 0 Å². The molecule has 0 saturated heterocycles. The van der Waals surface area contributed by atoms with Gasteiger partial charge in [0.2, 0.25) is 5.95 Å². The van der Waals surface area contributed by atoms with Crippen LogP contribution in [0.25, 0.3) is 16.8 Å². The molecule has 2 heterocycles. The average Bonchev–Trinajstić information content (AvgIpc) is 3.09. The predicted molar refractivity (Wildman–Crippen MR) is 113 cm³/mol. The second-order valence-electron chi connectivity index (χ2n) is 6.84. The Kier molecular flexibility index (Phi) is 4.75. The first-order valence-corrected chi connectivity index (χ1v) is 10.9. The molecular weight excluding hydrogens is 390 g/mol. The van der Waals surface area contributed by atoms with Crippen molar-refractivity contribution in [1.29, 1.82) is 0 Å². The lowest BCUT2D eigenvalue weighted by atomic mass is 10.1. The Bertz CT molecular complexity index is 1230. The third kappa shape index (κ3) is 3.95. The van der Waals surface area contributed by atoms with Crippen LogP contribution in [-0.4, -0.2) is 42.4 Å². The van der Waals surface area contributed by atoms with E-state index in [4.69, 9.17) is 10.5 Å². The SMILES string of the molecule is COC1=CC(S(C)(=O)=O)=CCC1Nc1nc2ccc(-c3ccc(N)cc3)cn2n1. The molecule has 0 aliphatic heterocycles. The molecule has 1 unspecified atom stereocenters. The number of hydrogen-bond donors (Lipinski definition) is 2.